The number of aromatic hydroxyl groups is 2. The Morgan fingerprint density at radius 2 is 2.05 bits per heavy atom. The van der Waals surface area contributed by atoms with Crippen LogP contribution in [0.25, 0.3) is 0 Å². The molecule has 112 valence electrons. The van der Waals surface area contributed by atoms with Crippen molar-refractivity contribution in [2.75, 3.05) is 13.1 Å². The third-order valence-electron chi connectivity index (χ3n) is 4.11. The summed E-state index contributed by atoms with van der Waals surface area (Å²) in [6.07, 6.45) is 5.42. The van der Waals surface area contributed by atoms with Gasteiger partial charge >= 0.3 is 0 Å². The zero-order valence-corrected chi connectivity index (χ0v) is 14.2. The number of nitrogens with one attached hydrogen (secondary N) is 1. The fraction of sp³-hybridized carbons (Fsp3) is 0.625. The summed E-state index contributed by atoms with van der Waals surface area (Å²) in [6, 6.07) is 3.56. The first-order chi connectivity index (χ1) is 9.63. The molecule has 3 nitrogen and oxygen atoms in total. The summed E-state index contributed by atoms with van der Waals surface area (Å²) in [6.45, 7) is 4.35. The van der Waals surface area contributed by atoms with Crippen LogP contribution in [-0.4, -0.2) is 27.2 Å². The first-order valence-corrected chi connectivity index (χ1v) is 8.75. The highest BCUT2D eigenvalue weighted by molar-refractivity contribution is 14.1. The molecule has 0 spiro atoms. The number of alkyl halides is 1. The SMILES string of the molecule is CCCNCCC[C@H]1Cc2c(ccc(O)c2O)CC1I. The van der Waals surface area contributed by atoms with Crippen molar-refractivity contribution in [3.8, 4) is 11.5 Å². The third-order valence-corrected chi connectivity index (χ3v) is 5.56. The normalized spacial score (nSPS) is 21.7. The Labute approximate surface area is 134 Å². The second kappa shape index (κ2) is 7.50. The molecule has 4 heteroatoms. The van der Waals surface area contributed by atoms with Crippen LogP contribution in [0.1, 0.15) is 37.3 Å². The van der Waals surface area contributed by atoms with Gasteiger partial charge in [0.1, 0.15) is 0 Å². The Hall–Kier alpha value is -0.490. The highest BCUT2D eigenvalue weighted by atomic mass is 127. The van der Waals surface area contributed by atoms with E-state index in [0.717, 1.165) is 31.5 Å². The van der Waals surface area contributed by atoms with Crippen molar-refractivity contribution >= 4 is 22.6 Å². The number of hydrogen-bond donors (Lipinski definition) is 3. The largest absolute Gasteiger partial charge is 0.504 e. The van der Waals surface area contributed by atoms with Gasteiger partial charge in [-0.3, -0.25) is 0 Å². The Bertz CT molecular complexity index is 450. The Kier molecular flexibility index (Phi) is 5.96. The molecular weight excluding hydrogens is 365 g/mol. The van der Waals surface area contributed by atoms with Crippen LogP contribution < -0.4 is 5.32 Å². The van der Waals surface area contributed by atoms with Crippen LogP contribution in [-0.2, 0) is 12.8 Å². The minimum atomic E-state index is 0.0130. The van der Waals surface area contributed by atoms with Crippen molar-refractivity contribution in [2.24, 2.45) is 5.92 Å². The van der Waals surface area contributed by atoms with E-state index in [-0.39, 0.29) is 11.5 Å². The predicted molar refractivity (Wildman–Crippen MR) is 90.9 cm³/mol. The molecule has 0 amide bonds. The van der Waals surface area contributed by atoms with Crippen LogP contribution in [0, 0.1) is 5.92 Å². The van der Waals surface area contributed by atoms with Crippen LogP contribution >= 0.6 is 22.6 Å². The van der Waals surface area contributed by atoms with E-state index in [1.165, 1.54) is 24.8 Å². The summed E-state index contributed by atoms with van der Waals surface area (Å²) in [5.41, 5.74) is 2.16. The molecule has 0 heterocycles. The molecule has 0 saturated carbocycles. The number of rotatable bonds is 6. The van der Waals surface area contributed by atoms with E-state index >= 15 is 0 Å². The van der Waals surface area contributed by atoms with Gasteiger partial charge in [-0.15, -0.1) is 0 Å². The zero-order chi connectivity index (χ0) is 14.5. The standard InChI is InChI=1S/C16H24INO2/c1-2-7-18-8-3-4-12-9-13-11(10-14(12)17)5-6-15(19)16(13)20/h5-6,12,14,18-20H,2-4,7-10H2,1H3/t12-,14?/m0/s1. The topological polar surface area (TPSA) is 52.5 Å². The van der Waals surface area contributed by atoms with Crippen LogP contribution in [0.4, 0.5) is 0 Å². The van der Waals surface area contributed by atoms with E-state index in [1.54, 1.807) is 6.07 Å². The monoisotopic (exact) mass is 389 g/mol. The molecule has 1 aromatic carbocycles. The average Bonchev–Trinajstić information content (AvgIpc) is 2.44. The van der Waals surface area contributed by atoms with Gasteiger partial charge in [-0.25, -0.2) is 0 Å². The molecule has 0 saturated heterocycles. The lowest BCUT2D eigenvalue weighted by Gasteiger charge is -2.30. The van der Waals surface area contributed by atoms with Crippen molar-refractivity contribution in [1.29, 1.82) is 0 Å². The molecule has 1 aliphatic carbocycles. The molecule has 2 atom stereocenters. The van der Waals surface area contributed by atoms with E-state index in [0.29, 0.717) is 9.84 Å². The molecule has 20 heavy (non-hydrogen) atoms. The lowest BCUT2D eigenvalue weighted by Crippen LogP contribution is -2.27. The van der Waals surface area contributed by atoms with Gasteiger partial charge in [0.2, 0.25) is 0 Å². The fourth-order valence-corrected chi connectivity index (χ4v) is 4.01. The number of halogens is 1. The molecule has 0 aliphatic heterocycles. The minimum Gasteiger partial charge on any atom is -0.504 e. The maximum Gasteiger partial charge on any atom is 0.160 e. The Morgan fingerprint density at radius 3 is 2.80 bits per heavy atom. The number of benzene rings is 1. The molecule has 3 N–H and O–H groups in total. The lowest BCUT2D eigenvalue weighted by atomic mass is 9.81. The van der Waals surface area contributed by atoms with Gasteiger partial charge in [0.15, 0.2) is 11.5 Å². The maximum atomic E-state index is 10.0. The highest BCUT2D eigenvalue weighted by Crippen LogP contribution is 2.40. The van der Waals surface area contributed by atoms with Crippen molar-refractivity contribution in [1.82, 2.24) is 5.32 Å². The number of phenols is 2. The van der Waals surface area contributed by atoms with Crippen LogP contribution in [0.5, 0.6) is 11.5 Å². The van der Waals surface area contributed by atoms with Gasteiger partial charge in [0.25, 0.3) is 0 Å². The first-order valence-electron chi connectivity index (χ1n) is 7.51. The average molecular weight is 389 g/mol. The molecule has 0 bridgehead atoms. The van der Waals surface area contributed by atoms with Crippen LogP contribution in [0.2, 0.25) is 0 Å². The van der Waals surface area contributed by atoms with Gasteiger partial charge in [0, 0.05) is 9.49 Å². The fourth-order valence-electron chi connectivity index (χ4n) is 2.93. The predicted octanol–water partition coefficient (Wildman–Crippen LogP) is 3.40. The van der Waals surface area contributed by atoms with Crippen molar-refractivity contribution in [3.05, 3.63) is 23.3 Å². The van der Waals surface area contributed by atoms with Crippen molar-refractivity contribution < 1.29 is 10.2 Å². The van der Waals surface area contributed by atoms with Crippen molar-refractivity contribution in [3.63, 3.8) is 0 Å². The molecule has 0 radical (unpaired) electrons. The van der Waals surface area contributed by atoms with Gasteiger partial charge in [-0.2, -0.15) is 0 Å². The minimum absolute atomic E-state index is 0.0130. The van der Waals surface area contributed by atoms with Crippen molar-refractivity contribution in [2.45, 2.75) is 43.0 Å². The van der Waals surface area contributed by atoms with Gasteiger partial charge in [-0.1, -0.05) is 35.6 Å². The molecule has 0 aromatic heterocycles. The Morgan fingerprint density at radius 1 is 1.25 bits per heavy atom. The molecule has 1 aromatic rings. The molecule has 1 aliphatic rings. The van der Waals surface area contributed by atoms with Crippen LogP contribution in [0.3, 0.4) is 0 Å². The van der Waals surface area contributed by atoms with Gasteiger partial charge in [-0.05, 0) is 62.7 Å². The van der Waals surface area contributed by atoms with Crippen LogP contribution in [0.15, 0.2) is 12.1 Å². The third kappa shape index (κ3) is 3.79. The Balaban J connectivity index is 1.94. The number of hydrogen-bond acceptors (Lipinski definition) is 3. The molecule has 0 fully saturated rings. The summed E-state index contributed by atoms with van der Waals surface area (Å²) in [5.74, 6) is 0.707. The smallest absolute Gasteiger partial charge is 0.160 e. The summed E-state index contributed by atoms with van der Waals surface area (Å²) >= 11 is 2.54. The van der Waals surface area contributed by atoms with E-state index < -0.39 is 0 Å². The van der Waals surface area contributed by atoms with E-state index in [4.69, 9.17) is 0 Å². The number of fused-ring (bicyclic) bond motifs is 1. The first kappa shape index (κ1) is 15.9. The van der Waals surface area contributed by atoms with E-state index in [2.05, 4.69) is 34.8 Å². The second-order valence-electron chi connectivity index (χ2n) is 5.65. The van der Waals surface area contributed by atoms with E-state index in [1.807, 2.05) is 6.07 Å². The second-order valence-corrected chi connectivity index (χ2v) is 7.25. The molecular formula is C16H24INO2. The number of phenolic OH excluding ortho intramolecular Hbond substituents is 2. The summed E-state index contributed by atoms with van der Waals surface area (Å²) in [5, 5.41) is 23.1. The van der Waals surface area contributed by atoms with E-state index in [9.17, 15) is 10.2 Å². The van der Waals surface area contributed by atoms with Gasteiger partial charge in [0.05, 0.1) is 0 Å². The summed E-state index contributed by atoms with van der Waals surface area (Å²) in [4.78, 5) is 0. The molecule has 1 unspecified atom stereocenters. The summed E-state index contributed by atoms with van der Waals surface area (Å²) in [7, 11) is 0. The lowest BCUT2D eigenvalue weighted by molar-refractivity contribution is 0.379. The molecule has 2 rings (SSSR count). The highest BCUT2D eigenvalue weighted by Gasteiger charge is 2.28. The zero-order valence-electron chi connectivity index (χ0n) is 12.0. The summed E-state index contributed by atoms with van der Waals surface area (Å²) < 4.78 is 0.621. The maximum absolute atomic E-state index is 10.0. The quantitative estimate of drug-likeness (QED) is 0.303. The van der Waals surface area contributed by atoms with Gasteiger partial charge < -0.3 is 15.5 Å².